The molecule has 1 heterocycles. The molecule has 1 aromatic heterocycles. The highest BCUT2D eigenvalue weighted by Crippen LogP contribution is 2.34. The van der Waals surface area contributed by atoms with Gasteiger partial charge in [0.25, 0.3) is 0 Å². The van der Waals surface area contributed by atoms with Crippen LogP contribution in [0.2, 0.25) is 15.1 Å². The van der Waals surface area contributed by atoms with Crippen molar-refractivity contribution in [3.63, 3.8) is 0 Å². The fourth-order valence-corrected chi connectivity index (χ4v) is 3.84. The third-order valence-electron chi connectivity index (χ3n) is 2.12. The molecule has 2 aromatic rings. The van der Waals surface area contributed by atoms with Crippen molar-refractivity contribution < 1.29 is 13.1 Å². The summed E-state index contributed by atoms with van der Waals surface area (Å²) in [6.45, 7) is 0. The normalized spacial score (nSPS) is 11.3. The van der Waals surface area contributed by atoms with Crippen molar-refractivity contribution in [1.29, 1.82) is 0 Å². The second kappa shape index (κ2) is 5.54. The zero-order valence-electron chi connectivity index (χ0n) is 9.29. The van der Waals surface area contributed by atoms with Crippen molar-refractivity contribution in [2.75, 3.05) is 0 Å². The molecule has 4 nitrogen and oxygen atoms in total. The van der Waals surface area contributed by atoms with E-state index < -0.39 is 10.0 Å². The lowest BCUT2D eigenvalue weighted by Crippen LogP contribution is -2.31. The molecule has 0 aliphatic rings. The summed E-state index contributed by atoms with van der Waals surface area (Å²) in [4.78, 5) is 3.32. The Kier molecular flexibility index (Phi) is 4.20. The molecule has 0 amide bonds. The van der Waals surface area contributed by atoms with Crippen LogP contribution in [-0.2, 0) is 10.0 Å². The number of pyridine rings is 1. The number of nitrogens with zero attached hydrogens (tertiary/aromatic N) is 2. The van der Waals surface area contributed by atoms with Crippen LogP contribution in [-0.4, -0.2) is 8.42 Å². The molecular formula is C11H7Cl3N2O2S. The Hall–Kier alpha value is -1.01. The lowest BCUT2D eigenvalue weighted by Gasteiger charge is -2.16. The SMILES string of the molecule is O=S(=O)([N-][n+]1ccccc1)c1c(Cl)cc(Cl)cc1Cl. The second-order valence-electron chi connectivity index (χ2n) is 3.51. The van der Waals surface area contributed by atoms with E-state index in [1.165, 1.54) is 24.5 Å². The first-order valence-electron chi connectivity index (χ1n) is 4.99. The molecule has 0 fully saturated rings. The number of rotatable bonds is 3. The van der Waals surface area contributed by atoms with Crippen molar-refractivity contribution in [3.8, 4) is 0 Å². The van der Waals surface area contributed by atoms with E-state index in [1.807, 2.05) is 0 Å². The summed E-state index contributed by atoms with van der Waals surface area (Å²) in [6, 6.07) is 7.62. The Morgan fingerprint density at radius 2 is 1.47 bits per heavy atom. The largest absolute Gasteiger partial charge is 0.318 e. The first-order valence-corrected chi connectivity index (χ1v) is 7.57. The van der Waals surface area contributed by atoms with Crippen molar-refractivity contribution in [3.05, 3.63) is 62.6 Å². The van der Waals surface area contributed by atoms with Gasteiger partial charge in [-0.15, -0.1) is 0 Å². The van der Waals surface area contributed by atoms with Crippen molar-refractivity contribution in [2.24, 2.45) is 0 Å². The minimum atomic E-state index is -4.03. The molecule has 0 spiro atoms. The monoisotopic (exact) mass is 336 g/mol. The summed E-state index contributed by atoms with van der Waals surface area (Å²) in [5, 5.41) is 0.108. The Bertz CT molecular complexity index is 682. The Morgan fingerprint density at radius 3 is 2.00 bits per heavy atom. The summed E-state index contributed by atoms with van der Waals surface area (Å²) in [5.41, 5.74) is 0. The van der Waals surface area contributed by atoms with Crippen molar-refractivity contribution in [1.82, 2.24) is 0 Å². The van der Waals surface area contributed by atoms with Crippen molar-refractivity contribution in [2.45, 2.75) is 4.90 Å². The number of aromatic nitrogens is 1. The van der Waals surface area contributed by atoms with Gasteiger partial charge in [-0.2, -0.15) is 0 Å². The van der Waals surface area contributed by atoms with E-state index in [9.17, 15) is 8.42 Å². The minimum absolute atomic E-state index is 0.0715. The molecule has 100 valence electrons. The molecule has 0 unspecified atom stereocenters. The zero-order chi connectivity index (χ0) is 14.0. The number of hydrogen-bond donors (Lipinski definition) is 0. The topological polar surface area (TPSA) is 52.1 Å². The predicted molar refractivity (Wildman–Crippen MR) is 74.1 cm³/mol. The first kappa shape index (κ1) is 14.4. The number of sulfonamides is 1. The van der Waals surface area contributed by atoms with Crippen LogP contribution in [0.25, 0.3) is 4.83 Å². The molecule has 1 aromatic carbocycles. The molecule has 2 rings (SSSR count). The van der Waals surface area contributed by atoms with E-state index in [0.29, 0.717) is 0 Å². The van der Waals surface area contributed by atoms with Gasteiger partial charge in [0.2, 0.25) is 0 Å². The van der Waals surface area contributed by atoms with Gasteiger partial charge in [-0.25, -0.2) is 13.1 Å². The standard InChI is InChI=1S/C11H7Cl3N2O2S/c12-8-6-9(13)11(10(14)7-8)19(17,18)15-16-4-2-1-3-5-16/h1-7H. The Morgan fingerprint density at radius 1 is 0.947 bits per heavy atom. The molecule has 0 aliphatic heterocycles. The van der Waals surface area contributed by atoms with Gasteiger partial charge < -0.3 is 4.83 Å². The van der Waals surface area contributed by atoms with Crippen LogP contribution in [0.1, 0.15) is 0 Å². The van der Waals surface area contributed by atoms with E-state index >= 15 is 0 Å². The van der Waals surface area contributed by atoms with Crippen molar-refractivity contribution >= 4 is 44.8 Å². The number of benzene rings is 1. The molecule has 0 N–H and O–H groups in total. The molecule has 0 aliphatic carbocycles. The van der Waals surface area contributed by atoms with Gasteiger partial charge in [-0.05, 0) is 12.1 Å². The minimum Gasteiger partial charge on any atom is -0.318 e. The van der Waals surface area contributed by atoms with Crippen LogP contribution in [0.15, 0.2) is 47.6 Å². The highest BCUT2D eigenvalue weighted by Gasteiger charge is 2.18. The molecule has 0 bridgehead atoms. The van der Waals surface area contributed by atoms with E-state index in [-0.39, 0.29) is 20.0 Å². The van der Waals surface area contributed by atoms with E-state index in [2.05, 4.69) is 4.83 Å². The van der Waals surface area contributed by atoms with Crippen LogP contribution < -0.4 is 4.68 Å². The summed E-state index contributed by atoms with van der Waals surface area (Å²) in [5.74, 6) is 0. The summed E-state index contributed by atoms with van der Waals surface area (Å²) >= 11 is 17.5. The van der Waals surface area contributed by atoms with Gasteiger partial charge in [-0.1, -0.05) is 40.9 Å². The molecule has 19 heavy (non-hydrogen) atoms. The molecule has 0 saturated heterocycles. The van der Waals surface area contributed by atoms with Gasteiger partial charge in [-0.3, -0.25) is 0 Å². The zero-order valence-corrected chi connectivity index (χ0v) is 12.4. The van der Waals surface area contributed by atoms with Gasteiger partial charge in [0.05, 0.1) is 14.9 Å². The smallest absolute Gasteiger partial charge is 0.171 e. The van der Waals surface area contributed by atoms with Gasteiger partial charge in [0, 0.05) is 17.2 Å². The second-order valence-corrected chi connectivity index (χ2v) is 6.28. The number of hydrogen-bond acceptors (Lipinski definition) is 2. The lowest BCUT2D eigenvalue weighted by atomic mass is 10.4. The molecule has 0 radical (unpaired) electrons. The third-order valence-corrected chi connectivity index (χ3v) is 4.52. The van der Waals surface area contributed by atoms with E-state index in [0.717, 1.165) is 4.68 Å². The Labute approximate surface area is 125 Å². The van der Waals surface area contributed by atoms with E-state index in [1.54, 1.807) is 18.2 Å². The molecule has 0 atom stereocenters. The van der Waals surface area contributed by atoms with Crippen LogP contribution in [0.5, 0.6) is 0 Å². The van der Waals surface area contributed by atoms with Gasteiger partial charge >= 0.3 is 0 Å². The lowest BCUT2D eigenvalue weighted by molar-refractivity contribution is -0.614. The van der Waals surface area contributed by atoms with Crippen LogP contribution in [0.4, 0.5) is 0 Å². The average molecular weight is 338 g/mol. The molecule has 8 heteroatoms. The third kappa shape index (κ3) is 3.30. The first-order chi connectivity index (χ1) is 8.90. The van der Waals surface area contributed by atoms with Crippen LogP contribution in [0.3, 0.4) is 0 Å². The molecular weight excluding hydrogens is 331 g/mol. The van der Waals surface area contributed by atoms with E-state index in [4.69, 9.17) is 34.8 Å². The Balaban J connectivity index is 2.46. The average Bonchev–Trinajstić information content (AvgIpc) is 2.27. The fraction of sp³-hybridized carbons (Fsp3) is 0. The summed E-state index contributed by atoms with van der Waals surface area (Å²) in [6.07, 6.45) is 2.96. The fourth-order valence-electron chi connectivity index (χ4n) is 1.38. The summed E-state index contributed by atoms with van der Waals surface area (Å²) < 4.78 is 25.5. The summed E-state index contributed by atoms with van der Waals surface area (Å²) in [7, 11) is -4.03. The predicted octanol–water partition coefficient (Wildman–Crippen LogP) is 3.46. The molecule has 0 saturated carbocycles. The maximum absolute atomic E-state index is 12.2. The maximum atomic E-state index is 12.2. The maximum Gasteiger partial charge on any atom is 0.171 e. The number of halogens is 3. The van der Waals surface area contributed by atoms with Crippen LogP contribution >= 0.6 is 34.8 Å². The van der Waals surface area contributed by atoms with Gasteiger partial charge in [0.1, 0.15) is 0 Å². The van der Waals surface area contributed by atoms with Gasteiger partial charge in [0.15, 0.2) is 22.4 Å². The highest BCUT2D eigenvalue weighted by atomic mass is 35.5. The highest BCUT2D eigenvalue weighted by molar-refractivity contribution is 7.93. The quantitative estimate of drug-likeness (QED) is 0.805. The van der Waals surface area contributed by atoms with Crippen LogP contribution in [0, 0.1) is 0 Å².